The van der Waals surface area contributed by atoms with Gasteiger partial charge in [0.1, 0.15) is 11.2 Å². The number of anilines is 3. The Morgan fingerprint density at radius 1 is 0.340 bits per heavy atom. The molecule has 0 aliphatic carbocycles. The molecule has 9 aromatic carbocycles. The van der Waals surface area contributed by atoms with Gasteiger partial charge in [-0.3, -0.25) is 0 Å². The van der Waals surface area contributed by atoms with Crippen LogP contribution in [0.4, 0.5) is 17.1 Å². The van der Waals surface area contributed by atoms with Crippen LogP contribution in [0.1, 0.15) is 0 Å². The first kappa shape index (κ1) is 28.4. The van der Waals surface area contributed by atoms with Gasteiger partial charge in [0.2, 0.25) is 0 Å². The minimum Gasteiger partial charge on any atom is -0.456 e. The van der Waals surface area contributed by atoms with Gasteiger partial charge >= 0.3 is 0 Å². The molecule has 0 saturated heterocycles. The van der Waals surface area contributed by atoms with E-state index in [0.29, 0.717) is 0 Å². The van der Waals surface area contributed by atoms with Crippen LogP contribution in [-0.4, -0.2) is 0 Å². The highest BCUT2D eigenvalue weighted by atomic mass is 16.3. The third-order valence-electron chi connectivity index (χ3n) is 10.1. The van der Waals surface area contributed by atoms with Crippen LogP contribution in [0.15, 0.2) is 192 Å². The predicted molar refractivity (Wildman–Crippen MR) is 212 cm³/mol. The smallest absolute Gasteiger partial charge is 0.137 e. The molecule has 0 aliphatic rings. The first-order valence-electron chi connectivity index (χ1n) is 17.1. The summed E-state index contributed by atoms with van der Waals surface area (Å²) in [6, 6.07) is 67.5. The molecular formula is C48H31NO. The molecule has 0 bridgehead atoms. The maximum atomic E-state index is 6.41. The Morgan fingerprint density at radius 2 is 0.940 bits per heavy atom. The van der Waals surface area contributed by atoms with Crippen molar-refractivity contribution in [1.82, 2.24) is 0 Å². The van der Waals surface area contributed by atoms with E-state index in [0.717, 1.165) is 39.0 Å². The van der Waals surface area contributed by atoms with Crippen molar-refractivity contribution in [2.24, 2.45) is 0 Å². The Kier molecular flexibility index (Phi) is 6.53. The van der Waals surface area contributed by atoms with E-state index in [1.54, 1.807) is 0 Å². The Bertz CT molecular complexity index is 2870. The largest absolute Gasteiger partial charge is 0.456 e. The van der Waals surface area contributed by atoms with Crippen LogP contribution in [0.2, 0.25) is 0 Å². The first-order chi connectivity index (χ1) is 24.8. The molecule has 2 nitrogen and oxygen atoms in total. The molecule has 0 aliphatic heterocycles. The second kappa shape index (κ2) is 11.5. The summed E-state index contributed by atoms with van der Waals surface area (Å²) in [6.07, 6.45) is 0. The van der Waals surface area contributed by atoms with Gasteiger partial charge in [0.15, 0.2) is 0 Å². The van der Waals surface area contributed by atoms with E-state index in [1.807, 2.05) is 6.07 Å². The molecule has 1 heterocycles. The van der Waals surface area contributed by atoms with Crippen molar-refractivity contribution in [2.75, 3.05) is 4.90 Å². The lowest BCUT2D eigenvalue weighted by Crippen LogP contribution is -2.11. The van der Waals surface area contributed by atoms with Crippen molar-refractivity contribution in [3.8, 4) is 22.3 Å². The van der Waals surface area contributed by atoms with Crippen molar-refractivity contribution < 1.29 is 4.42 Å². The second-order valence-electron chi connectivity index (χ2n) is 12.9. The van der Waals surface area contributed by atoms with Gasteiger partial charge in [-0.25, -0.2) is 0 Å². The number of nitrogens with zero attached hydrogens (tertiary/aromatic N) is 1. The summed E-state index contributed by atoms with van der Waals surface area (Å²) in [7, 11) is 0. The molecule has 0 spiro atoms. The van der Waals surface area contributed by atoms with Gasteiger partial charge in [0.25, 0.3) is 0 Å². The van der Waals surface area contributed by atoms with Gasteiger partial charge in [-0.15, -0.1) is 0 Å². The minimum atomic E-state index is 0.873. The fraction of sp³-hybridized carbons (Fsp3) is 0. The third-order valence-corrected chi connectivity index (χ3v) is 10.1. The third kappa shape index (κ3) is 4.50. The van der Waals surface area contributed by atoms with Crippen molar-refractivity contribution in [3.05, 3.63) is 188 Å². The quantitative estimate of drug-likeness (QED) is 0.175. The summed E-state index contributed by atoms with van der Waals surface area (Å²) in [6.45, 7) is 0. The lowest BCUT2D eigenvalue weighted by molar-refractivity contribution is 0.669. The maximum absolute atomic E-state index is 6.41. The zero-order valence-electron chi connectivity index (χ0n) is 27.3. The Labute approximate surface area is 290 Å². The molecule has 0 amide bonds. The van der Waals surface area contributed by atoms with Crippen molar-refractivity contribution in [2.45, 2.75) is 0 Å². The maximum Gasteiger partial charge on any atom is 0.137 e. The van der Waals surface area contributed by atoms with Gasteiger partial charge in [0, 0.05) is 16.5 Å². The van der Waals surface area contributed by atoms with Gasteiger partial charge in [0.05, 0.1) is 16.8 Å². The van der Waals surface area contributed by atoms with Crippen molar-refractivity contribution >= 4 is 71.3 Å². The number of furan rings is 1. The summed E-state index contributed by atoms with van der Waals surface area (Å²) in [4.78, 5) is 2.41. The number of rotatable bonds is 5. The van der Waals surface area contributed by atoms with Gasteiger partial charge in [-0.1, -0.05) is 146 Å². The fourth-order valence-electron chi connectivity index (χ4n) is 7.78. The number of para-hydroxylation sites is 1. The predicted octanol–water partition coefficient (Wildman–Crippen LogP) is 13.8. The molecule has 0 saturated carbocycles. The van der Waals surface area contributed by atoms with Crippen LogP contribution >= 0.6 is 0 Å². The highest BCUT2D eigenvalue weighted by Crippen LogP contribution is 2.47. The average Bonchev–Trinajstić information content (AvgIpc) is 3.58. The Balaban J connectivity index is 1.21. The van der Waals surface area contributed by atoms with Crippen LogP contribution in [0.5, 0.6) is 0 Å². The monoisotopic (exact) mass is 637 g/mol. The van der Waals surface area contributed by atoms with E-state index in [-0.39, 0.29) is 0 Å². The molecule has 0 N–H and O–H groups in total. The number of benzene rings is 9. The topological polar surface area (TPSA) is 16.4 Å². The second-order valence-corrected chi connectivity index (χ2v) is 12.9. The lowest BCUT2D eigenvalue weighted by atomic mass is 9.93. The van der Waals surface area contributed by atoms with Crippen LogP contribution in [0.25, 0.3) is 76.5 Å². The molecule has 10 aromatic rings. The number of hydrogen-bond donors (Lipinski definition) is 0. The molecule has 0 fully saturated rings. The minimum absolute atomic E-state index is 0.873. The highest BCUT2D eigenvalue weighted by Gasteiger charge is 2.22. The summed E-state index contributed by atoms with van der Waals surface area (Å²) in [5.74, 6) is 0. The summed E-state index contributed by atoms with van der Waals surface area (Å²) < 4.78 is 6.41. The standard InChI is InChI=1S/C48H31NO/c1-2-13-32(14-3-1)37-29-30-44(41-20-9-8-18-39(37)41)49(45-22-12-24-47-48(45)42-21-10-11-23-46(42)50-47)35-27-25-33(26-28-35)43-31-34-15-4-5-16-36(34)38-17-6-7-19-40(38)43/h1-31H. The van der Waals surface area contributed by atoms with Crippen LogP contribution in [-0.2, 0) is 0 Å². The first-order valence-corrected chi connectivity index (χ1v) is 17.1. The molecule has 1 aromatic heterocycles. The lowest BCUT2D eigenvalue weighted by Gasteiger charge is -2.28. The molecule has 0 radical (unpaired) electrons. The van der Waals surface area contributed by atoms with Crippen LogP contribution in [0.3, 0.4) is 0 Å². The summed E-state index contributed by atoms with van der Waals surface area (Å²) in [5, 5.41) is 9.66. The van der Waals surface area contributed by atoms with Gasteiger partial charge in [-0.05, 0) is 91.6 Å². The summed E-state index contributed by atoms with van der Waals surface area (Å²) >= 11 is 0. The van der Waals surface area contributed by atoms with Gasteiger partial charge < -0.3 is 9.32 Å². The Hall–Kier alpha value is -6.64. The van der Waals surface area contributed by atoms with Gasteiger partial charge in [-0.2, -0.15) is 0 Å². The zero-order valence-corrected chi connectivity index (χ0v) is 27.3. The molecule has 0 atom stereocenters. The van der Waals surface area contributed by atoms with E-state index in [2.05, 4.69) is 187 Å². The van der Waals surface area contributed by atoms with E-state index in [4.69, 9.17) is 4.42 Å². The van der Waals surface area contributed by atoms with Crippen LogP contribution < -0.4 is 4.90 Å². The van der Waals surface area contributed by atoms with Crippen molar-refractivity contribution in [1.29, 1.82) is 0 Å². The molecule has 234 valence electrons. The van der Waals surface area contributed by atoms with E-state index in [1.165, 1.54) is 54.6 Å². The highest BCUT2D eigenvalue weighted by molar-refractivity contribution is 6.16. The molecule has 0 unspecified atom stereocenters. The SMILES string of the molecule is c1ccc(-c2ccc(N(c3ccc(-c4cc5ccccc5c5ccccc45)cc3)c3cccc4oc5ccccc5c34)c3ccccc23)cc1. The average molecular weight is 638 g/mol. The number of fused-ring (bicyclic) bond motifs is 7. The normalized spacial score (nSPS) is 11.6. The van der Waals surface area contributed by atoms with Crippen LogP contribution in [0, 0.1) is 0 Å². The molecule has 50 heavy (non-hydrogen) atoms. The molecule has 2 heteroatoms. The van der Waals surface area contributed by atoms with Crippen molar-refractivity contribution in [3.63, 3.8) is 0 Å². The summed E-state index contributed by atoms with van der Waals surface area (Å²) in [5.41, 5.74) is 9.87. The van der Waals surface area contributed by atoms with E-state index >= 15 is 0 Å². The van der Waals surface area contributed by atoms with E-state index < -0.39 is 0 Å². The zero-order chi connectivity index (χ0) is 33.0. The molecular weight excluding hydrogens is 607 g/mol. The Morgan fingerprint density at radius 3 is 1.74 bits per heavy atom. The molecule has 10 rings (SSSR count). The van der Waals surface area contributed by atoms with E-state index in [9.17, 15) is 0 Å². The fourth-order valence-corrected chi connectivity index (χ4v) is 7.78. The number of hydrogen-bond acceptors (Lipinski definition) is 2.